The number of thiocarbonyl (C=S) groups is 1. The number of hydrogen-bond donors (Lipinski definition) is 2. The molecule has 0 aliphatic carbocycles. The summed E-state index contributed by atoms with van der Waals surface area (Å²) in [4.78, 5) is 25.7. The van der Waals surface area contributed by atoms with Crippen molar-refractivity contribution in [3.8, 4) is 0 Å². The topological polar surface area (TPSA) is 70.7 Å². The highest BCUT2D eigenvalue weighted by atomic mass is 32.1. The lowest BCUT2D eigenvalue weighted by atomic mass is 10.1. The van der Waals surface area contributed by atoms with E-state index in [1.807, 2.05) is 0 Å². The average molecular weight is 327 g/mol. The predicted molar refractivity (Wildman–Crippen MR) is 89.4 cm³/mol. The summed E-state index contributed by atoms with van der Waals surface area (Å²) in [7, 11) is 0. The number of carbonyl (C=O) groups is 2. The summed E-state index contributed by atoms with van der Waals surface area (Å²) in [5, 5.41) is 6.21. The highest BCUT2D eigenvalue weighted by Crippen LogP contribution is 2.11. The number of amides is 1. The van der Waals surface area contributed by atoms with Gasteiger partial charge in [-0.15, -0.1) is 6.58 Å². The molecule has 1 heterocycles. The number of carbonyl (C=O) groups excluding carboxylic acids is 2. The van der Waals surface area contributed by atoms with Gasteiger partial charge >= 0.3 is 5.97 Å². The molecule has 1 amide bonds. The van der Waals surface area contributed by atoms with Gasteiger partial charge in [0.1, 0.15) is 6.04 Å². The quantitative estimate of drug-likeness (QED) is 0.300. The zero-order valence-corrected chi connectivity index (χ0v) is 13.9. The van der Waals surface area contributed by atoms with Gasteiger partial charge < -0.3 is 20.3 Å². The molecule has 22 heavy (non-hydrogen) atoms. The van der Waals surface area contributed by atoms with E-state index in [9.17, 15) is 9.59 Å². The van der Waals surface area contributed by atoms with Crippen molar-refractivity contribution in [1.82, 2.24) is 15.5 Å². The van der Waals surface area contributed by atoms with E-state index in [-0.39, 0.29) is 18.3 Å². The monoisotopic (exact) mass is 327 g/mol. The third kappa shape index (κ3) is 6.01. The third-order valence-corrected chi connectivity index (χ3v) is 3.74. The van der Waals surface area contributed by atoms with E-state index in [4.69, 9.17) is 17.0 Å². The number of unbranched alkanes of at least 4 members (excludes halogenated alkanes) is 2. The first kappa shape index (κ1) is 18.4. The zero-order valence-electron chi connectivity index (χ0n) is 13.1. The van der Waals surface area contributed by atoms with Crippen LogP contribution in [0.1, 0.15) is 32.6 Å². The molecule has 1 aliphatic rings. The molecule has 1 atom stereocenters. The van der Waals surface area contributed by atoms with Gasteiger partial charge in [-0.2, -0.15) is 0 Å². The lowest BCUT2D eigenvalue weighted by molar-refractivity contribution is -0.147. The van der Waals surface area contributed by atoms with Crippen LogP contribution in [0.5, 0.6) is 0 Å². The van der Waals surface area contributed by atoms with Crippen LogP contribution in [-0.4, -0.2) is 54.2 Å². The Morgan fingerprint density at radius 2 is 2.36 bits per heavy atom. The summed E-state index contributed by atoms with van der Waals surface area (Å²) >= 11 is 5.28. The van der Waals surface area contributed by atoms with Crippen LogP contribution in [0.2, 0.25) is 0 Å². The second-order valence-corrected chi connectivity index (χ2v) is 5.49. The number of piperazine rings is 1. The van der Waals surface area contributed by atoms with Crippen LogP contribution < -0.4 is 10.6 Å². The number of esters is 1. The molecule has 0 spiro atoms. The van der Waals surface area contributed by atoms with Crippen molar-refractivity contribution in [1.29, 1.82) is 0 Å². The van der Waals surface area contributed by atoms with Crippen LogP contribution >= 0.6 is 12.2 Å². The molecule has 1 rings (SSSR count). The van der Waals surface area contributed by atoms with Crippen molar-refractivity contribution in [3.05, 3.63) is 12.7 Å². The molecule has 0 aromatic heterocycles. The largest absolute Gasteiger partial charge is 0.466 e. The Bertz CT molecular complexity index is 415. The predicted octanol–water partition coefficient (Wildman–Crippen LogP) is 0.971. The molecule has 1 aliphatic heterocycles. The van der Waals surface area contributed by atoms with Gasteiger partial charge in [-0.05, 0) is 18.6 Å². The van der Waals surface area contributed by atoms with Crippen LogP contribution in [0, 0.1) is 0 Å². The zero-order chi connectivity index (χ0) is 16.4. The maximum absolute atomic E-state index is 12.0. The smallest absolute Gasteiger partial charge is 0.308 e. The Morgan fingerprint density at radius 3 is 3.05 bits per heavy atom. The minimum atomic E-state index is -0.614. The Kier molecular flexibility index (Phi) is 8.50. The Labute approximate surface area is 137 Å². The van der Waals surface area contributed by atoms with Gasteiger partial charge in [-0.1, -0.05) is 25.8 Å². The molecule has 0 aromatic carbocycles. The molecule has 124 valence electrons. The first-order valence-corrected chi connectivity index (χ1v) is 8.09. The summed E-state index contributed by atoms with van der Waals surface area (Å²) in [5.41, 5.74) is 0. The molecule has 0 saturated carbocycles. The van der Waals surface area contributed by atoms with Crippen LogP contribution in [0.3, 0.4) is 0 Å². The second kappa shape index (κ2) is 10.2. The van der Waals surface area contributed by atoms with Gasteiger partial charge in [0.25, 0.3) is 0 Å². The second-order valence-electron chi connectivity index (χ2n) is 5.11. The highest BCUT2D eigenvalue weighted by molar-refractivity contribution is 7.80. The fourth-order valence-electron chi connectivity index (χ4n) is 2.18. The van der Waals surface area contributed by atoms with Crippen molar-refractivity contribution < 1.29 is 14.3 Å². The molecule has 0 radical (unpaired) electrons. The maximum atomic E-state index is 12.0. The van der Waals surface area contributed by atoms with Gasteiger partial charge in [-0.25, -0.2) is 0 Å². The van der Waals surface area contributed by atoms with Crippen molar-refractivity contribution >= 4 is 29.2 Å². The Hall–Kier alpha value is -1.63. The van der Waals surface area contributed by atoms with Crippen molar-refractivity contribution in [2.45, 2.75) is 38.6 Å². The fourth-order valence-corrected chi connectivity index (χ4v) is 2.48. The third-order valence-electron chi connectivity index (χ3n) is 3.36. The van der Waals surface area contributed by atoms with Crippen molar-refractivity contribution in [2.24, 2.45) is 0 Å². The number of rotatable bonds is 8. The molecule has 0 bridgehead atoms. The van der Waals surface area contributed by atoms with Crippen LogP contribution in [0.15, 0.2) is 12.7 Å². The van der Waals surface area contributed by atoms with Crippen LogP contribution in [0.25, 0.3) is 0 Å². The maximum Gasteiger partial charge on any atom is 0.308 e. The molecule has 7 heteroatoms. The summed E-state index contributed by atoms with van der Waals surface area (Å²) in [6.07, 6.45) is 4.64. The summed E-state index contributed by atoms with van der Waals surface area (Å²) in [5.74, 6) is -0.561. The lowest BCUT2D eigenvalue weighted by Crippen LogP contribution is -2.59. The van der Waals surface area contributed by atoms with E-state index in [0.717, 1.165) is 19.3 Å². The SMILES string of the molecule is C=CCNC(=S)N1CCNC(=O)C1CC(=O)OCCCCC. The molecule has 2 N–H and O–H groups in total. The molecular formula is C15H25N3O3S. The average Bonchev–Trinajstić information content (AvgIpc) is 2.51. The summed E-state index contributed by atoms with van der Waals surface area (Å²) < 4.78 is 5.18. The molecule has 1 fully saturated rings. The van der Waals surface area contributed by atoms with E-state index in [0.29, 0.717) is 31.4 Å². The van der Waals surface area contributed by atoms with E-state index in [1.54, 1.807) is 11.0 Å². The fraction of sp³-hybridized carbons (Fsp3) is 0.667. The Morgan fingerprint density at radius 1 is 1.59 bits per heavy atom. The van der Waals surface area contributed by atoms with Gasteiger partial charge in [0, 0.05) is 19.6 Å². The minimum Gasteiger partial charge on any atom is -0.466 e. The molecule has 1 saturated heterocycles. The number of hydrogen-bond acceptors (Lipinski definition) is 4. The molecule has 1 unspecified atom stereocenters. The van der Waals surface area contributed by atoms with Crippen LogP contribution in [-0.2, 0) is 14.3 Å². The lowest BCUT2D eigenvalue weighted by Gasteiger charge is -2.36. The molecule has 0 aromatic rings. The number of nitrogens with one attached hydrogen (secondary N) is 2. The molecule has 6 nitrogen and oxygen atoms in total. The number of ether oxygens (including phenoxy) is 1. The van der Waals surface area contributed by atoms with E-state index >= 15 is 0 Å². The first-order valence-electron chi connectivity index (χ1n) is 7.68. The van der Waals surface area contributed by atoms with Gasteiger partial charge in [0.05, 0.1) is 13.0 Å². The van der Waals surface area contributed by atoms with E-state index in [2.05, 4.69) is 24.1 Å². The first-order chi connectivity index (χ1) is 10.6. The van der Waals surface area contributed by atoms with E-state index in [1.165, 1.54) is 0 Å². The summed E-state index contributed by atoms with van der Waals surface area (Å²) in [6.45, 7) is 7.71. The normalized spacial score (nSPS) is 17.6. The number of nitrogens with zero attached hydrogens (tertiary/aromatic N) is 1. The van der Waals surface area contributed by atoms with Crippen LogP contribution in [0.4, 0.5) is 0 Å². The highest BCUT2D eigenvalue weighted by Gasteiger charge is 2.33. The van der Waals surface area contributed by atoms with Gasteiger partial charge in [-0.3, -0.25) is 9.59 Å². The van der Waals surface area contributed by atoms with Gasteiger partial charge in [0.2, 0.25) is 5.91 Å². The van der Waals surface area contributed by atoms with Crippen molar-refractivity contribution in [3.63, 3.8) is 0 Å². The minimum absolute atomic E-state index is 0.00781. The standard InChI is InChI=1S/C15H25N3O3S/c1-3-5-6-10-21-13(19)11-12-14(20)16-8-9-18(12)15(22)17-7-4-2/h4,12H,2-3,5-11H2,1H3,(H,16,20)(H,17,22). The van der Waals surface area contributed by atoms with Gasteiger partial charge in [0.15, 0.2) is 5.11 Å². The summed E-state index contributed by atoms with van der Waals surface area (Å²) in [6, 6.07) is -0.614. The molecular weight excluding hydrogens is 302 g/mol. The van der Waals surface area contributed by atoms with E-state index < -0.39 is 6.04 Å². The Balaban J connectivity index is 2.53. The van der Waals surface area contributed by atoms with Crippen molar-refractivity contribution in [2.75, 3.05) is 26.2 Å².